The Morgan fingerprint density at radius 3 is 2.61 bits per heavy atom. The minimum atomic E-state index is -0.887. The summed E-state index contributed by atoms with van der Waals surface area (Å²) in [6, 6.07) is 6.66. The van der Waals surface area contributed by atoms with Crippen LogP contribution in [0.15, 0.2) is 24.3 Å². The van der Waals surface area contributed by atoms with Crippen LogP contribution in [0.25, 0.3) is 0 Å². The number of anilines is 1. The zero-order valence-corrected chi connectivity index (χ0v) is 9.98. The van der Waals surface area contributed by atoms with Crippen LogP contribution in [0.5, 0.6) is 0 Å². The third-order valence-electron chi connectivity index (χ3n) is 3.33. The van der Waals surface area contributed by atoms with E-state index in [1.54, 1.807) is 24.3 Å². The molecule has 2 rings (SSSR count). The summed E-state index contributed by atoms with van der Waals surface area (Å²) in [6.45, 7) is 0. The number of amides is 1. The zero-order chi connectivity index (χ0) is 13.2. The predicted molar refractivity (Wildman–Crippen MR) is 67.2 cm³/mol. The van der Waals surface area contributed by atoms with Crippen molar-refractivity contribution in [2.45, 2.75) is 31.2 Å². The summed E-state index contributed by atoms with van der Waals surface area (Å²) in [6.07, 6.45) is 2.35. The Bertz CT molecular complexity index is 481. The Balaban J connectivity index is 2.08. The molecule has 0 spiro atoms. The lowest BCUT2D eigenvalue weighted by atomic mass is 9.74. The van der Waals surface area contributed by atoms with Crippen LogP contribution in [-0.4, -0.2) is 22.5 Å². The number of hydrogen-bond donors (Lipinski definition) is 3. The normalized spacial score (nSPS) is 16.7. The van der Waals surface area contributed by atoms with Crippen molar-refractivity contribution in [2.24, 2.45) is 0 Å². The Kier molecular flexibility index (Phi) is 3.23. The van der Waals surface area contributed by atoms with Crippen molar-refractivity contribution in [3.63, 3.8) is 0 Å². The van der Waals surface area contributed by atoms with Crippen molar-refractivity contribution in [2.75, 3.05) is 5.73 Å². The fourth-order valence-corrected chi connectivity index (χ4v) is 2.23. The van der Waals surface area contributed by atoms with E-state index in [0.29, 0.717) is 24.1 Å². The lowest BCUT2D eigenvalue weighted by molar-refractivity contribution is -0.139. The number of hydrogen-bond acceptors (Lipinski definition) is 3. The fraction of sp³-hybridized carbons (Fsp3) is 0.385. The van der Waals surface area contributed by atoms with Gasteiger partial charge in [-0.05, 0) is 37.5 Å². The number of nitrogen functional groups attached to an aromatic ring is 1. The summed E-state index contributed by atoms with van der Waals surface area (Å²) >= 11 is 0. The first-order valence-electron chi connectivity index (χ1n) is 5.91. The van der Waals surface area contributed by atoms with Gasteiger partial charge in [0.05, 0.1) is 12.0 Å². The third-order valence-corrected chi connectivity index (χ3v) is 3.33. The van der Waals surface area contributed by atoms with Gasteiger partial charge in [-0.15, -0.1) is 0 Å². The van der Waals surface area contributed by atoms with Gasteiger partial charge in [-0.3, -0.25) is 9.59 Å². The second kappa shape index (κ2) is 4.68. The van der Waals surface area contributed by atoms with Crippen LogP contribution in [0.3, 0.4) is 0 Å². The number of rotatable bonds is 4. The molecule has 0 saturated heterocycles. The number of carboxylic acid groups (broad SMARTS) is 1. The number of benzene rings is 1. The second-order valence-corrected chi connectivity index (χ2v) is 4.78. The Hall–Kier alpha value is -2.04. The molecule has 0 heterocycles. The molecule has 0 atom stereocenters. The molecule has 1 aliphatic carbocycles. The lowest BCUT2D eigenvalue weighted by Gasteiger charge is -2.41. The summed E-state index contributed by atoms with van der Waals surface area (Å²) in [4.78, 5) is 22.8. The Labute approximate surface area is 105 Å². The standard InChI is InChI=1S/C13H16N2O3/c14-10-4-1-3-9(7-10)12(18)15-13(5-2-6-13)8-11(16)17/h1,3-4,7H,2,5-6,8,14H2,(H,15,18)(H,16,17). The highest BCUT2D eigenvalue weighted by atomic mass is 16.4. The van der Waals surface area contributed by atoms with Gasteiger partial charge in [0, 0.05) is 11.3 Å². The summed E-state index contributed by atoms with van der Waals surface area (Å²) in [7, 11) is 0. The first kappa shape index (κ1) is 12.4. The number of nitrogens with one attached hydrogen (secondary N) is 1. The van der Waals surface area contributed by atoms with Crippen molar-refractivity contribution in [1.82, 2.24) is 5.32 Å². The zero-order valence-electron chi connectivity index (χ0n) is 9.98. The molecular weight excluding hydrogens is 232 g/mol. The molecule has 18 heavy (non-hydrogen) atoms. The Morgan fingerprint density at radius 1 is 1.39 bits per heavy atom. The fourth-order valence-electron chi connectivity index (χ4n) is 2.23. The highest BCUT2D eigenvalue weighted by Gasteiger charge is 2.40. The molecule has 0 unspecified atom stereocenters. The highest BCUT2D eigenvalue weighted by Crippen LogP contribution is 2.35. The molecule has 0 radical (unpaired) electrons. The number of nitrogens with two attached hydrogens (primary N) is 1. The minimum Gasteiger partial charge on any atom is -0.481 e. The maximum atomic E-state index is 12.0. The van der Waals surface area contributed by atoms with Crippen molar-refractivity contribution in [3.8, 4) is 0 Å². The number of carbonyl (C=O) groups excluding carboxylic acids is 1. The van der Waals surface area contributed by atoms with Crippen LogP contribution in [0.4, 0.5) is 5.69 Å². The molecule has 1 aromatic carbocycles. The first-order chi connectivity index (χ1) is 8.51. The van der Waals surface area contributed by atoms with Crippen molar-refractivity contribution < 1.29 is 14.7 Å². The van der Waals surface area contributed by atoms with Gasteiger partial charge < -0.3 is 16.2 Å². The molecule has 0 bridgehead atoms. The van der Waals surface area contributed by atoms with Gasteiger partial charge >= 0.3 is 5.97 Å². The summed E-state index contributed by atoms with van der Waals surface area (Å²) < 4.78 is 0. The van der Waals surface area contributed by atoms with E-state index >= 15 is 0 Å². The van der Waals surface area contributed by atoms with Gasteiger partial charge in [0.1, 0.15) is 0 Å². The second-order valence-electron chi connectivity index (χ2n) is 4.78. The summed E-state index contributed by atoms with van der Waals surface area (Å²) in [5, 5.41) is 11.7. The van der Waals surface area contributed by atoms with E-state index in [0.717, 1.165) is 6.42 Å². The van der Waals surface area contributed by atoms with Crippen molar-refractivity contribution in [1.29, 1.82) is 0 Å². The quantitative estimate of drug-likeness (QED) is 0.702. The van der Waals surface area contributed by atoms with Crippen LogP contribution >= 0.6 is 0 Å². The summed E-state index contributed by atoms with van der Waals surface area (Å²) in [5.74, 6) is -1.15. The number of aliphatic carboxylic acids is 1. The van der Waals surface area contributed by atoms with Crippen molar-refractivity contribution >= 4 is 17.6 Å². The third kappa shape index (κ3) is 2.61. The van der Waals surface area contributed by atoms with Gasteiger partial charge in [-0.2, -0.15) is 0 Å². The molecule has 0 aliphatic heterocycles. The van der Waals surface area contributed by atoms with E-state index in [2.05, 4.69) is 5.32 Å². The molecule has 1 saturated carbocycles. The van der Waals surface area contributed by atoms with E-state index in [9.17, 15) is 9.59 Å². The largest absolute Gasteiger partial charge is 0.481 e. The molecule has 0 aromatic heterocycles. The molecule has 4 N–H and O–H groups in total. The van der Waals surface area contributed by atoms with Gasteiger partial charge in [-0.1, -0.05) is 6.07 Å². The number of carboxylic acids is 1. The van der Waals surface area contributed by atoms with Gasteiger partial charge in [0.15, 0.2) is 0 Å². The molecule has 1 fully saturated rings. The average molecular weight is 248 g/mol. The molecular formula is C13H16N2O3. The SMILES string of the molecule is Nc1cccc(C(=O)NC2(CC(=O)O)CCC2)c1. The van der Waals surface area contributed by atoms with Gasteiger partial charge in [0.2, 0.25) is 0 Å². The average Bonchev–Trinajstić information content (AvgIpc) is 2.25. The predicted octanol–water partition coefficient (Wildman–Crippen LogP) is 1.40. The van der Waals surface area contributed by atoms with Crippen molar-refractivity contribution in [3.05, 3.63) is 29.8 Å². The van der Waals surface area contributed by atoms with Gasteiger partial charge in [-0.25, -0.2) is 0 Å². The highest BCUT2D eigenvalue weighted by molar-refractivity contribution is 5.95. The molecule has 5 heteroatoms. The van der Waals surface area contributed by atoms with E-state index in [1.807, 2.05) is 0 Å². The van der Waals surface area contributed by atoms with E-state index < -0.39 is 11.5 Å². The molecule has 96 valence electrons. The topological polar surface area (TPSA) is 92.4 Å². The van der Waals surface area contributed by atoms with Crippen LogP contribution < -0.4 is 11.1 Å². The molecule has 1 aromatic rings. The number of carbonyl (C=O) groups is 2. The minimum absolute atomic E-state index is 0.0267. The van der Waals surface area contributed by atoms with Crippen LogP contribution in [0.1, 0.15) is 36.0 Å². The van der Waals surface area contributed by atoms with Crippen LogP contribution in [-0.2, 0) is 4.79 Å². The molecule has 5 nitrogen and oxygen atoms in total. The Morgan fingerprint density at radius 2 is 2.11 bits per heavy atom. The van der Waals surface area contributed by atoms with E-state index in [-0.39, 0.29) is 12.3 Å². The summed E-state index contributed by atoms with van der Waals surface area (Å²) in [5.41, 5.74) is 6.02. The van der Waals surface area contributed by atoms with Crippen LogP contribution in [0.2, 0.25) is 0 Å². The molecule has 1 amide bonds. The monoisotopic (exact) mass is 248 g/mol. The lowest BCUT2D eigenvalue weighted by Crippen LogP contribution is -2.54. The first-order valence-corrected chi connectivity index (χ1v) is 5.91. The van der Waals surface area contributed by atoms with E-state index in [4.69, 9.17) is 10.8 Å². The molecule has 1 aliphatic rings. The maximum absolute atomic E-state index is 12.0. The van der Waals surface area contributed by atoms with Gasteiger partial charge in [0.25, 0.3) is 5.91 Å². The van der Waals surface area contributed by atoms with Crippen LogP contribution in [0, 0.1) is 0 Å². The van der Waals surface area contributed by atoms with E-state index in [1.165, 1.54) is 0 Å². The maximum Gasteiger partial charge on any atom is 0.305 e. The smallest absolute Gasteiger partial charge is 0.305 e.